The lowest BCUT2D eigenvalue weighted by molar-refractivity contribution is 0.262. The molecule has 0 spiro atoms. The minimum absolute atomic E-state index is 0.202. The molecule has 1 N–H and O–H groups in total. The molecule has 1 aromatic carbocycles. The van der Waals surface area contributed by atoms with Crippen molar-refractivity contribution < 1.29 is 4.74 Å². The Morgan fingerprint density at radius 2 is 2.00 bits per heavy atom. The SMILES string of the molecule is CNC1CCCC1CCOc1ccc(C(C)(C)C)cc1C. The van der Waals surface area contributed by atoms with Gasteiger partial charge in [-0.3, -0.25) is 0 Å². The highest BCUT2D eigenvalue weighted by Gasteiger charge is 2.25. The number of nitrogens with one attached hydrogen (secondary N) is 1. The molecule has 1 aromatic rings. The highest BCUT2D eigenvalue weighted by molar-refractivity contribution is 5.38. The maximum atomic E-state index is 6.03. The predicted octanol–water partition coefficient (Wildman–Crippen LogP) is 4.45. The number of rotatable bonds is 5. The largest absolute Gasteiger partial charge is 0.493 e. The van der Waals surface area contributed by atoms with Gasteiger partial charge in [0.05, 0.1) is 6.61 Å². The van der Waals surface area contributed by atoms with Gasteiger partial charge < -0.3 is 10.1 Å². The van der Waals surface area contributed by atoms with E-state index >= 15 is 0 Å². The summed E-state index contributed by atoms with van der Waals surface area (Å²) in [5.74, 6) is 1.83. The summed E-state index contributed by atoms with van der Waals surface area (Å²) < 4.78 is 6.03. The van der Waals surface area contributed by atoms with E-state index in [2.05, 4.69) is 58.3 Å². The Morgan fingerprint density at radius 3 is 2.62 bits per heavy atom. The van der Waals surface area contributed by atoms with Crippen LogP contribution in [0.3, 0.4) is 0 Å². The molecule has 0 saturated heterocycles. The average Bonchev–Trinajstić information content (AvgIpc) is 2.87. The van der Waals surface area contributed by atoms with E-state index in [-0.39, 0.29) is 5.41 Å². The summed E-state index contributed by atoms with van der Waals surface area (Å²) in [6.07, 6.45) is 5.18. The van der Waals surface area contributed by atoms with Crippen molar-refractivity contribution in [2.75, 3.05) is 13.7 Å². The molecule has 0 aliphatic heterocycles. The highest BCUT2D eigenvalue weighted by Crippen LogP contribution is 2.30. The Kier molecular flexibility index (Phi) is 5.32. The lowest BCUT2D eigenvalue weighted by atomic mass is 9.86. The molecule has 0 aromatic heterocycles. The van der Waals surface area contributed by atoms with E-state index in [1.807, 2.05) is 0 Å². The number of aryl methyl sites for hydroxylation is 1. The van der Waals surface area contributed by atoms with Gasteiger partial charge >= 0.3 is 0 Å². The van der Waals surface area contributed by atoms with Crippen LogP contribution >= 0.6 is 0 Å². The van der Waals surface area contributed by atoms with E-state index in [0.717, 1.165) is 24.7 Å². The van der Waals surface area contributed by atoms with E-state index < -0.39 is 0 Å². The van der Waals surface area contributed by atoms with Crippen LogP contribution in [-0.4, -0.2) is 19.7 Å². The van der Waals surface area contributed by atoms with Crippen LogP contribution in [-0.2, 0) is 5.41 Å². The molecule has 1 aliphatic carbocycles. The smallest absolute Gasteiger partial charge is 0.122 e. The van der Waals surface area contributed by atoms with E-state index in [4.69, 9.17) is 4.74 Å². The van der Waals surface area contributed by atoms with Crippen LogP contribution in [0.1, 0.15) is 57.6 Å². The van der Waals surface area contributed by atoms with Crippen molar-refractivity contribution in [2.45, 2.75) is 64.8 Å². The third-order valence-corrected chi connectivity index (χ3v) is 4.82. The number of ether oxygens (including phenoxy) is 1. The van der Waals surface area contributed by atoms with Crippen molar-refractivity contribution in [1.82, 2.24) is 5.32 Å². The van der Waals surface area contributed by atoms with Crippen LogP contribution in [0, 0.1) is 12.8 Å². The monoisotopic (exact) mass is 289 g/mol. The van der Waals surface area contributed by atoms with Crippen molar-refractivity contribution in [3.63, 3.8) is 0 Å². The molecule has 2 nitrogen and oxygen atoms in total. The number of benzene rings is 1. The van der Waals surface area contributed by atoms with Gasteiger partial charge in [0.25, 0.3) is 0 Å². The molecule has 1 saturated carbocycles. The van der Waals surface area contributed by atoms with Gasteiger partial charge in [-0.25, -0.2) is 0 Å². The highest BCUT2D eigenvalue weighted by atomic mass is 16.5. The summed E-state index contributed by atoms with van der Waals surface area (Å²) in [6, 6.07) is 7.30. The van der Waals surface area contributed by atoms with Crippen molar-refractivity contribution >= 4 is 0 Å². The fourth-order valence-corrected chi connectivity index (χ4v) is 3.36. The maximum absolute atomic E-state index is 6.03. The van der Waals surface area contributed by atoms with Crippen molar-refractivity contribution in [3.05, 3.63) is 29.3 Å². The second kappa shape index (κ2) is 6.83. The first-order valence-corrected chi connectivity index (χ1v) is 8.33. The molecular weight excluding hydrogens is 258 g/mol. The summed E-state index contributed by atoms with van der Waals surface area (Å²) in [5, 5.41) is 3.44. The Hall–Kier alpha value is -1.02. The molecule has 21 heavy (non-hydrogen) atoms. The first-order valence-electron chi connectivity index (χ1n) is 8.33. The molecule has 1 aliphatic rings. The third-order valence-electron chi connectivity index (χ3n) is 4.82. The zero-order chi connectivity index (χ0) is 15.5. The molecule has 2 heteroatoms. The van der Waals surface area contributed by atoms with Crippen LogP contribution in [0.25, 0.3) is 0 Å². The predicted molar refractivity (Wildman–Crippen MR) is 90.2 cm³/mol. The third kappa shape index (κ3) is 4.23. The van der Waals surface area contributed by atoms with Gasteiger partial charge in [0.1, 0.15) is 5.75 Å². The first-order chi connectivity index (χ1) is 9.91. The molecule has 1 fully saturated rings. The molecule has 0 heterocycles. The lowest BCUT2D eigenvalue weighted by Gasteiger charge is -2.21. The van der Waals surface area contributed by atoms with Gasteiger partial charge in [0.2, 0.25) is 0 Å². The standard InChI is InChI=1S/C19H31NO/c1-14-13-16(19(2,3)4)9-10-18(14)21-12-11-15-7-6-8-17(15)20-5/h9-10,13,15,17,20H,6-8,11-12H2,1-5H3. The molecule has 2 atom stereocenters. The van der Waals surface area contributed by atoms with Gasteiger partial charge in [-0.2, -0.15) is 0 Å². The van der Waals surface area contributed by atoms with E-state index in [0.29, 0.717) is 6.04 Å². The minimum atomic E-state index is 0.202. The number of hydrogen-bond donors (Lipinski definition) is 1. The molecule has 0 amide bonds. The van der Waals surface area contributed by atoms with Gasteiger partial charge in [0, 0.05) is 6.04 Å². The summed E-state index contributed by atoms with van der Waals surface area (Å²) in [5.41, 5.74) is 2.82. The van der Waals surface area contributed by atoms with E-state index in [1.54, 1.807) is 0 Å². The fourth-order valence-electron chi connectivity index (χ4n) is 3.36. The van der Waals surface area contributed by atoms with Crippen LogP contribution in [0.5, 0.6) is 5.75 Å². The zero-order valence-corrected chi connectivity index (χ0v) is 14.3. The second-order valence-corrected chi connectivity index (χ2v) is 7.45. The Morgan fingerprint density at radius 1 is 1.24 bits per heavy atom. The Balaban J connectivity index is 1.89. The van der Waals surface area contributed by atoms with Crippen molar-refractivity contribution in [2.24, 2.45) is 5.92 Å². The summed E-state index contributed by atoms with van der Waals surface area (Å²) in [4.78, 5) is 0. The lowest BCUT2D eigenvalue weighted by Crippen LogP contribution is -2.29. The molecule has 0 radical (unpaired) electrons. The Labute approximate surface area is 130 Å². The van der Waals surface area contributed by atoms with Gasteiger partial charge in [0.15, 0.2) is 0 Å². The molecule has 118 valence electrons. The normalized spacial score (nSPS) is 22.5. The Bertz CT molecular complexity index is 461. The minimum Gasteiger partial charge on any atom is -0.493 e. The van der Waals surface area contributed by atoms with Gasteiger partial charge in [-0.05, 0) is 61.8 Å². The van der Waals surface area contributed by atoms with Crippen LogP contribution in [0.2, 0.25) is 0 Å². The molecule has 2 rings (SSSR count). The van der Waals surface area contributed by atoms with E-state index in [9.17, 15) is 0 Å². The zero-order valence-electron chi connectivity index (χ0n) is 14.3. The summed E-state index contributed by atoms with van der Waals surface area (Å²) >= 11 is 0. The summed E-state index contributed by atoms with van der Waals surface area (Å²) in [6.45, 7) is 9.73. The average molecular weight is 289 g/mol. The van der Waals surface area contributed by atoms with Crippen molar-refractivity contribution in [1.29, 1.82) is 0 Å². The molecular formula is C19H31NO. The molecule has 2 unspecified atom stereocenters. The maximum Gasteiger partial charge on any atom is 0.122 e. The summed E-state index contributed by atoms with van der Waals surface area (Å²) in [7, 11) is 2.08. The van der Waals surface area contributed by atoms with Gasteiger partial charge in [-0.1, -0.05) is 39.3 Å². The van der Waals surface area contributed by atoms with Gasteiger partial charge in [-0.15, -0.1) is 0 Å². The van der Waals surface area contributed by atoms with E-state index in [1.165, 1.54) is 30.4 Å². The fraction of sp³-hybridized carbons (Fsp3) is 0.684. The quantitative estimate of drug-likeness (QED) is 0.864. The first kappa shape index (κ1) is 16.4. The second-order valence-electron chi connectivity index (χ2n) is 7.45. The van der Waals surface area contributed by atoms with Crippen molar-refractivity contribution in [3.8, 4) is 5.75 Å². The van der Waals surface area contributed by atoms with Crippen LogP contribution in [0.4, 0.5) is 0 Å². The topological polar surface area (TPSA) is 21.3 Å². The van der Waals surface area contributed by atoms with Crippen LogP contribution < -0.4 is 10.1 Å². The van der Waals surface area contributed by atoms with Crippen LogP contribution in [0.15, 0.2) is 18.2 Å². The molecule has 0 bridgehead atoms. The number of hydrogen-bond acceptors (Lipinski definition) is 2.